The zero-order valence-electron chi connectivity index (χ0n) is 16.1. The standard InChI is InChI=1S/C21H25BrN2O3S/c1-3-4-13-6-8-16(15(22)10-13)27-11-18(25)24-21-19(20(23)26)14-7-5-12(2)9-17(14)28-21/h6,8,10,12H,3-5,7,9,11H2,1-2H3,(H2,23,26)(H,24,25). The highest BCUT2D eigenvalue weighted by Crippen LogP contribution is 2.39. The van der Waals surface area contributed by atoms with Crippen LogP contribution in [0.3, 0.4) is 0 Å². The van der Waals surface area contributed by atoms with E-state index in [4.69, 9.17) is 10.5 Å². The number of nitrogens with one attached hydrogen (secondary N) is 1. The van der Waals surface area contributed by atoms with Gasteiger partial charge in [0.2, 0.25) is 0 Å². The molecule has 0 radical (unpaired) electrons. The Morgan fingerprint density at radius 1 is 1.39 bits per heavy atom. The molecule has 0 fully saturated rings. The maximum atomic E-state index is 12.4. The summed E-state index contributed by atoms with van der Waals surface area (Å²) in [4.78, 5) is 25.5. The van der Waals surface area contributed by atoms with E-state index in [9.17, 15) is 9.59 Å². The van der Waals surface area contributed by atoms with Crippen molar-refractivity contribution >= 4 is 44.1 Å². The minimum Gasteiger partial charge on any atom is -0.483 e. The van der Waals surface area contributed by atoms with Gasteiger partial charge in [-0.05, 0) is 70.8 Å². The van der Waals surface area contributed by atoms with Crippen molar-refractivity contribution in [2.75, 3.05) is 11.9 Å². The Kier molecular flexibility index (Phi) is 6.78. The summed E-state index contributed by atoms with van der Waals surface area (Å²) in [5.74, 6) is 0.396. The summed E-state index contributed by atoms with van der Waals surface area (Å²) < 4.78 is 6.48. The zero-order chi connectivity index (χ0) is 20.3. The lowest BCUT2D eigenvalue weighted by atomic mass is 9.88. The van der Waals surface area contributed by atoms with Gasteiger partial charge < -0.3 is 15.8 Å². The molecule has 28 heavy (non-hydrogen) atoms. The van der Waals surface area contributed by atoms with Gasteiger partial charge in [-0.2, -0.15) is 0 Å². The first-order chi connectivity index (χ1) is 13.4. The van der Waals surface area contributed by atoms with Crippen molar-refractivity contribution in [3.8, 4) is 5.75 Å². The molecule has 1 aromatic heterocycles. The second-order valence-corrected chi connectivity index (χ2v) is 9.23. The van der Waals surface area contributed by atoms with Crippen LogP contribution >= 0.6 is 27.3 Å². The lowest BCUT2D eigenvalue weighted by molar-refractivity contribution is -0.118. The molecule has 7 heteroatoms. The quantitative estimate of drug-likeness (QED) is 0.622. The molecule has 0 bridgehead atoms. The molecule has 1 atom stereocenters. The number of rotatable bonds is 7. The molecule has 1 heterocycles. The van der Waals surface area contributed by atoms with E-state index >= 15 is 0 Å². The number of primary amides is 1. The average molecular weight is 465 g/mol. The van der Waals surface area contributed by atoms with Crippen molar-refractivity contribution < 1.29 is 14.3 Å². The van der Waals surface area contributed by atoms with Crippen molar-refractivity contribution in [3.63, 3.8) is 0 Å². The molecule has 2 amide bonds. The average Bonchev–Trinajstić information content (AvgIpc) is 2.98. The van der Waals surface area contributed by atoms with Crippen LogP contribution in [0.1, 0.15) is 53.1 Å². The zero-order valence-corrected chi connectivity index (χ0v) is 18.5. The Morgan fingerprint density at radius 2 is 2.18 bits per heavy atom. The number of halogens is 1. The van der Waals surface area contributed by atoms with Gasteiger partial charge in [-0.25, -0.2) is 0 Å². The van der Waals surface area contributed by atoms with E-state index in [0.29, 0.717) is 22.2 Å². The lowest BCUT2D eigenvalue weighted by Gasteiger charge is -2.18. The highest BCUT2D eigenvalue weighted by atomic mass is 79.9. The van der Waals surface area contributed by atoms with Gasteiger partial charge in [0.05, 0.1) is 10.0 Å². The van der Waals surface area contributed by atoms with Crippen LogP contribution in [-0.2, 0) is 24.1 Å². The number of aryl methyl sites for hydroxylation is 1. The second kappa shape index (κ2) is 9.09. The van der Waals surface area contributed by atoms with Crippen LogP contribution < -0.4 is 15.8 Å². The van der Waals surface area contributed by atoms with Crippen molar-refractivity contribution in [2.45, 2.75) is 46.0 Å². The molecule has 0 aliphatic heterocycles. The van der Waals surface area contributed by atoms with Crippen LogP contribution in [0.5, 0.6) is 5.75 Å². The van der Waals surface area contributed by atoms with Crippen molar-refractivity contribution in [2.24, 2.45) is 11.7 Å². The van der Waals surface area contributed by atoms with Crippen LogP contribution in [0, 0.1) is 5.92 Å². The van der Waals surface area contributed by atoms with Gasteiger partial charge in [0, 0.05) is 4.88 Å². The molecule has 2 aromatic rings. The largest absolute Gasteiger partial charge is 0.483 e. The first-order valence-electron chi connectivity index (χ1n) is 9.54. The summed E-state index contributed by atoms with van der Waals surface area (Å²) in [5, 5.41) is 3.36. The Labute approximate surface area is 177 Å². The van der Waals surface area contributed by atoms with E-state index in [0.717, 1.165) is 47.0 Å². The van der Waals surface area contributed by atoms with Crippen LogP contribution in [-0.4, -0.2) is 18.4 Å². The van der Waals surface area contributed by atoms with Crippen LogP contribution in [0.15, 0.2) is 22.7 Å². The predicted molar refractivity (Wildman–Crippen MR) is 116 cm³/mol. The van der Waals surface area contributed by atoms with Crippen molar-refractivity contribution in [1.82, 2.24) is 0 Å². The second-order valence-electron chi connectivity index (χ2n) is 7.27. The molecule has 0 spiro atoms. The summed E-state index contributed by atoms with van der Waals surface area (Å²) >= 11 is 4.95. The number of hydrogen-bond donors (Lipinski definition) is 2. The first-order valence-corrected chi connectivity index (χ1v) is 11.1. The summed E-state index contributed by atoms with van der Waals surface area (Å²) in [5.41, 5.74) is 8.28. The molecule has 3 N–H and O–H groups in total. The number of nitrogens with two attached hydrogens (primary N) is 1. The Balaban J connectivity index is 1.68. The minimum absolute atomic E-state index is 0.136. The van der Waals surface area contributed by atoms with Gasteiger partial charge in [-0.15, -0.1) is 11.3 Å². The van der Waals surface area contributed by atoms with E-state index in [2.05, 4.69) is 35.1 Å². The van der Waals surface area contributed by atoms with Crippen LogP contribution in [0.25, 0.3) is 0 Å². The highest BCUT2D eigenvalue weighted by Gasteiger charge is 2.27. The fraction of sp³-hybridized carbons (Fsp3) is 0.429. The highest BCUT2D eigenvalue weighted by molar-refractivity contribution is 9.10. The van der Waals surface area contributed by atoms with Gasteiger partial charge >= 0.3 is 0 Å². The summed E-state index contributed by atoms with van der Waals surface area (Å²) in [6, 6.07) is 5.88. The molecular weight excluding hydrogens is 440 g/mol. The molecule has 1 aliphatic rings. The Bertz CT molecular complexity index is 894. The van der Waals surface area contributed by atoms with E-state index in [1.165, 1.54) is 16.9 Å². The van der Waals surface area contributed by atoms with E-state index in [1.54, 1.807) is 0 Å². The third-order valence-corrected chi connectivity index (χ3v) is 6.69. The predicted octanol–water partition coefficient (Wildman–Crippen LogP) is 4.70. The number of benzene rings is 1. The Morgan fingerprint density at radius 3 is 2.86 bits per heavy atom. The van der Waals surface area contributed by atoms with Gasteiger partial charge in [0.1, 0.15) is 10.8 Å². The first kappa shape index (κ1) is 20.9. The number of thiophene rings is 1. The van der Waals surface area contributed by atoms with E-state index in [-0.39, 0.29) is 12.5 Å². The summed E-state index contributed by atoms with van der Waals surface area (Å²) in [6.07, 6.45) is 4.85. The number of anilines is 1. The number of carbonyl (C=O) groups is 2. The Hall–Kier alpha value is -1.86. The number of ether oxygens (including phenoxy) is 1. The molecule has 5 nitrogen and oxygen atoms in total. The van der Waals surface area contributed by atoms with Gasteiger partial charge in [-0.1, -0.05) is 26.3 Å². The van der Waals surface area contributed by atoms with Gasteiger partial charge in [0.15, 0.2) is 6.61 Å². The fourth-order valence-corrected chi connectivity index (χ4v) is 5.48. The monoisotopic (exact) mass is 464 g/mol. The molecule has 150 valence electrons. The molecule has 1 aliphatic carbocycles. The summed E-state index contributed by atoms with van der Waals surface area (Å²) in [7, 11) is 0. The van der Waals surface area contributed by atoms with Crippen molar-refractivity contribution in [1.29, 1.82) is 0 Å². The molecule has 1 aromatic carbocycles. The van der Waals surface area contributed by atoms with Crippen LogP contribution in [0.4, 0.5) is 5.00 Å². The topological polar surface area (TPSA) is 81.4 Å². The number of carbonyl (C=O) groups excluding carboxylic acids is 2. The molecule has 0 saturated carbocycles. The summed E-state index contributed by atoms with van der Waals surface area (Å²) in [6.45, 7) is 4.19. The number of hydrogen-bond acceptors (Lipinski definition) is 4. The number of amides is 2. The van der Waals surface area contributed by atoms with Crippen molar-refractivity contribution in [3.05, 3.63) is 44.2 Å². The van der Waals surface area contributed by atoms with E-state index in [1.807, 2.05) is 18.2 Å². The molecular formula is C21H25BrN2O3S. The van der Waals surface area contributed by atoms with Gasteiger partial charge in [0.25, 0.3) is 11.8 Å². The SMILES string of the molecule is CCCc1ccc(OCC(=O)Nc2sc3c(c2C(N)=O)CCC(C)C3)c(Br)c1. The molecule has 0 saturated heterocycles. The van der Waals surface area contributed by atoms with Crippen LogP contribution in [0.2, 0.25) is 0 Å². The van der Waals surface area contributed by atoms with Gasteiger partial charge in [-0.3, -0.25) is 9.59 Å². The number of fused-ring (bicyclic) bond motifs is 1. The third-order valence-electron chi connectivity index (χ3n) is 4.90. The third kappa shape index (κ3) is 4.75. The fourth-order valence-electron chi connectivity index (χ4n) is 3.51. The normalized spacial score (nSPS) is 15.8. The lowest BCUT2D eigenvalue weighted by Crippen LogP contribution is -2.22. The maximum Gasteiger partial charge on any atom is 0.262 e. The molecule has 3 rings (SSSR count). The minimum atomic E-state index is -0.488. The van der Waals surface area contributed by atoms with E-state index < -0.39 is 5.91 Å². The smallest absolute Gasteiger partial charge is 0.262 e. The molecule has 1 unspecified atom stereocenters. The maximum absolute atomic E-state index is 12.4.